The van der Waals surface area contributed by atoms with E-state index in [4.69, 9.17) is 5.73 Å². The molecule has 0 aliphatic heterocycles. The molecule has 2 aromatic heterocycles. The lowest BCUT2D eigenvalue weighted by Crippen LogP contribution is -2.10. The number of nitrogens with zero attached hydrogens (tertiary/aromatic N) is 4. The Kier molecular flexibility index (Phi) is 4.60. The predicted octanol–water partition coefficient (Wildman–Crippen LogP) is 2.56. The SMILES string of the molecule is CCC(CC)n1ccc(Cn2nc(C)c(CN)c2C)n1. The summed E-state index contributed by atoms with van der Waals surface area (Å²) in [6.45, 7) is 9.72. The minimum atomic E-state index is 0.490. The Bertz CT molecular complexity index is 563. The molecule has 0 spiro atoms. The van der Waals surface area contributed by atoms with Gasteiger partial charge in [-0.1, -0.05) is 13.8 Å². The standard InChI is InChI=1S/C15H25N5/c1-5-14(6-2)19-8-7-13(18-19)10-20-12(4)15(9-16)11(3)17-20/h7-8,14H,5-6,9-10,16H2,1-4H3. The number of aromatic nitrogens is 4. The van der Waals surface area contributed by atoms with Crippen LogP contribution in [0.5, 0.6) is 0 Å². The fourth-order valence-electron chi connectivity index (χ4n) is 2.66. The van der Waals surface area contributed by atoms with Crippen LogP contribution < -0.4 is 5.73 Å². The van der Waals surface area contributed by atoms with Crippen LogP contribution in [0.3, 0.4) is 0 Å². The molecule has 0 aliphatic rings. The molecule has 20 heavy (non-hydrogen) atoms. The molecule has 0 radical (unpaired) electrons. The van der Waals surface area contributed by atoms with Crippen molar-refractivity contribution in [2.45, 2.75) is 59.7 Å². The number of hydrogen-bond donors (Lipinski definition) is 1. The van der Waals surface area contributed by atoms with Crippen molar-refractivity contribution in [3.63, 3.8) is 0 Å². The van der Waals surface area contributed by atoms with Gasteiger partial charge >= 0.3 is 0 Å². The summed E-state index contributed by atoms with van der Waals surface area (Å²) in [6.07, 6.45) is 4.28. The Balaban J connectivity index is 2.19. The summed E-state index contributed by atoms with van der Waals surface area (Å²) in [7, 11) is 0. The summed E-state index contributed by atoms with van der Waals surface area (Å²) in [5.41, 5.74) is 10.1. The van der Waals surface area contributed by atoms with Crippen LogP contribution in [0, 0.1) is 13.8 Å². The van der Waals surface area contributed by atoms with E-state index in [1.165, 1.54) is 0 Å². The van der Waals surface area contributed by atoms with Gasteiger partial charge in [0.05, 0.1) is 24.0 Å². The van der Waals surface area contributed by atoms with Gasteiger partial charge in [0.2, 0.25) is 0 Å². The first-order valence-corrected chi connectivity index (χ1v) is 7.37. The second kappa shape index (κ2) is 6.22. The zero-order chi connectivity index (χ0) is 14.7. The molecule has 0 amide bonds. The molecule has 2 N–H and O–H groups in total. The summed E-state index contributed by atoms with van der Waals surface area (Å²) < 4.78 is 4.07. The van der Waals surface area contributed by atoms with Crippen LogP contribution in [0.15, 0.2) is 12.3 Å². The Hall–Kier alpha value is -1.62. The molecule has 2 aromatic rings. The molecular formula is C15H25N5. The van der Waals surface area contributed by atoms with Crippen molar-refractivity contribution in [3.8, 4) is 0 Å². The van der Waals surface area contributed by atoms with Crippen molar-refractivity contribution in [3.05, 3.63) is 34.9 Å². The van der Waals surface area contributed by atoms with E-state index in [1.807, 2.05) is 11.6 Å². The molecule has 5 heteroatoms. The number of nitrogens with two attached hydrogens (primary N) is 1. The highest BCUT2D eigenvalue weighted by atomic mass is 15.3. The van der Waals surface area contributed by atoms with Gasteiger partial charge in [0.15, 0.2) is 0 Å². The smallest absolute Gasteiger partial charge is 0.0853 e. The van der Waals surface area contributed by atoms with E-state index in [0.29, 0.717) is 19.1 Å². The number of rotatable bonds is 6. The maximum Gasteiger partial charge on any atom is 0.0853 e. The second-order valence-electron chi connectivity index (χ2n) is 5.27. The molecule has 5 nitrogen and oxygen atoms in total. The molecule has 2 heterocycles. The summed E-state index contributed by atoms with van der Waals surface area (Å²) in [6, 6.07) is 2.57. The van der Waals surface area contributed by atoms with Gasteiger partial charge in [0, 0.05) is 24.0 Å². The molecule has 0 unspecified atom stereocenters. The largest absolute Gasteiger partial charge is 0.326 e. The lowest BCUT2D eigenvalue weighted by atomic mass is 10.2. The van der Waals surface area contributed by atoms with Gasteiger partial charge in [-0.15, -0.1) is 0 Å². The third kappa shape index (κ3) is 2.77. The first-order valence-electron chi connectivity index (χ1n) is 7.37. The Morgan fingerprint density at radius 1 is 1.20 bits per heavy atom. The van der Waals surface area contributed by atoms with Crippen LogP contribution in [0.2, 0.25) is 0 Å². The molecule has 0 fully saturated rings. The maximum atomic E-state index is 5.77. The molecule has 0 bridgehead atoms. The summed E-state index contributed by atoms with van der Waals surface area (Å²) in [5, 5.41) is 9.24. The van der Waals surface area contributed by atoms with E-state index in [2.05, 4.69) is 47.9 Å². The second-order valence-corrected chi connectivity index (χ2v) is 5.27. The van der Waals surface area contributed by atoms with Crippen LogP contribution in [0.25, 0.3) is 0 Å². The summed E-state index contributed by atoms with van der Waals surface area (Å²) in [5.74, 6) is 0. The fourth-order valence-corrected chi connectivity index (χ4v) is 2.66. The average Bonchev–Trinajstić information content (AvgIpc) is 2.98. The van der Waals surface area contributed by atoms with E-state index in [1.54, 1.807) is 0 Å². The monoisotopic (exact) mass is 275 g/mol. The minimum absolute atomic E-state index is 0.490. The van der Waals surface area contributed by atoms with Crippen molar-refractivity contribution in [1.29, 1.82) is 0 Å². The van der Waals surface area contributed by atoms with Crippen molar-refractivity contribution < 1.29 is 0 Å². The Morgan fingerprint density at radius 2 is 1.90 bits per heavy atom. The lowest BCUT2D eigenvalue weighted by Gasteiger charge is -2.12. The summed E-state index contributed by atoms with van der Waals surface area (Å²) in [4.78, 5) is 0. The van der Waals surface area contributed by atoms with Gasteiger partial charge in [-0.2, -0.15) is 10.2 Å². The van der Waals surface area contributed by atoms with Crippen LogP contribution in [0.4, 0.5) is 0 Å². The van der Waals surface area contributed by atoms with Crippen LogP contribution in [0.1, 0.15) is 55.4 Å². The van der Waals surface area contributed by atoms with Crippen molar-refractivity contribution in [2.24, 2.45) is 5.73 Å². The zero-order valence-electron chi connectivity index (χ0n) is 12.9. The molecular weight excluding hydrogens is 250 g/mol. The van der Waals surface area contributed by atoms with Gasteiger partial charge < -0.3 is 5.73 Å². The maximum absolute atomic E-state index is 5.77. The van der Waals surface area contributed by atoms with Gasteiger partial charge in [0.25, 0.3) is 0 Å². The molecule has 0 aromatic carbocycles. The zero-order valence-corrected chi connectivity index (χ0v) is 12.9. The Labute approximate surface area is 120 Å². The molecule has 110 valence electrons. The minimum Gasteiger partial charge on any atom is -0.326 e. The molecule has 0 saturated carbocycles. The predicted molar refractivity (Wildman–Crippen MR) is 80.5 cm³/mol. The topological polar surface area (TPSA) is 61.7 Å². The van der Waals surface area contributed by atoms with Gasteiger partial charge in [-0.05, 0) is 32.8 Å². The Morgan fingerprint density at radius 3 is 2.45 bits per heavy atom. The summed E-state index contributed by atoms with van der Waals surface area (Å²) >= 11 is 0. The molecule has 0 aliphatic carbocycles. The van der Waals surface area contributed by atoms with E-state index < -0.39 is 0 Å². The van der Waals surface area contributed by atoms with E-state index in [-0.39, 0.29) is 0 Å². The molecule has 2 rings (SSSR count). The third-order valence-corrected chi connectivity index (χ3v) is 4.03. The number of aryl methyl sites for hydroxylation is 1. The molecule has 0 saturated heterocycles. The highest BCUT2D eigenvalue weighted by Crippen LogP contribution is 2.16. The highest BCUT2D eigenvalue weighted by molar-refractivity contribution is 5.24. The fraction of sp³-hybridized carbons (Fsp3) is 0.600. The first kappa shape index (κ1) is 14.8. The van der Waals surface area contributed by atoms with Crippen molar-refractivity contribution >= 4 is 0 Å². The lowest BCUT2D eigenvalue weighted by molar-refractivity contribution is 0.423. The quantitative estimate of drug-likeness (QED) is 0.881. The van der Waals surface area contributed by atoms with Crippen LogP contribution in [-0.4, -0.2) is 19.6 Å². The van der Waals surface area contributed by atoms with Crippen LogP contribution >= 0.6 is 0 Å². The number of hydrogen-bond acceptors (Lipinski definition) is 3. The van der Waals surface area contributed by atoms with Crippen molar-refractivity contribution in [1.82, 2.24) is 19.6 Å². The van der Waals surface area contributed by atoms with Gasteiger partial charge in [-0.3, -0.25) is 9.36 Å². The van der Waals surface area contributed by atoms with Crippen molar-refractivity contribution in [2.75, 3.05) is 0 Å². The van der Waals surface area contributed by atoms with Gasteiger partial charge in [0.1, 0.15) is 0 Å². The average molecular weight is 275 g/mol. The highest BCUT2D eigenvalue weighted by Gasteiger charge is 2.12. The third-order valence-electron chi connectivity index (χ3n) is 4.03. The van der Waals surface area contributed by atoms with E-state index in [0.717, 1.165) is 35.5 Å². The normalized spacial score (nSPS) is 11.5. The molecule has 0 atom stereocenters. The van der Waals surface area contributed by atoms with Crippen LogP contribution in [-0.2, 0) is 13.1 Å². The first-order chi connectivity index (χ1) is 9.60. The van der Waals surface area contributed by atoms with Gasteiger partial charge in [-0.25, -0.2) is 0 Å². The van der Waals surface area contributed by atoms with E-state index in [9.17, 15) is 0 Å². The van der Waals surface area contributed by atoms with E-state index >= 15 is 0 Å².